The maximum Gasteiger partial charge on any atom is 0.329 e. The van der Waals surface area contributed by atoms with Crippen molar-refractivity contribution in [3.05, 3.63) is 59.9 Å². The summed E-state index contributed by atoms with van der Waals surface area (Å²) in [6.07, 6.45) is 1.31. The number of hydrogen-bond acceptors (Lipinski definition) is 4. The van der Waals surface area contributed by atoms with E-state index in [0.29, 0.717) is 23.6 Å². The molecule has 2 aromatic rings. The van der Waals surface area contributed by atoms with E-state index in [0.717, 1.165) is 0 Å². The molecule has 24 heavy (non-hydrogen) atoms. The van der Waals surface area contributed by atoms with Gasteiger partial charge in [0.1, 0.15) is 11.6 Å². The van der Waals surface area contributed by atoms with E-state index in [1.807, 2.05) is 6.92 Å². The van der Waals surface area contributed by atoms with Crippen molar-refractivity contribution in [3.8, 4) is 5.75 Å². The van der Waals surface area contributed by atoms with Crippen LogP contribution in [0, 0.1) is 5.82 Å². The molecule has 7 heteroatoms. The minimum absolute atomic E-state index is 0.370. The molecule has 2 rings (SSSR count). The van der Waals surface area contributed by atoms with Crippen molar-refractivity contribution in [2.75, 3.05) is 11.9 Å². The van der Waals surface area contributed by atoms with Crippen molar-refractivity contribution in [3.63, 3.8) is 0 Å². The number of halogens is 1. The average Bonchev–Trinajstić information content (AvgIpc) is 2.58. The number of nitrogens with one attached hydrogen (secondary N) is 2. The quantitative estimate of drug-likeness (QED) is 0.502. The molecule has 0 heterocycles. The molecule has 0 aliphatic rings. The highest BCUT2D eigenvalue weighted by Crippen LogP contribution is 2.15. The van der Waals surface area contributed by atoms with E-state index >= 15 is 0 Å². The third kappa shape index (κ3) is 5.20. The fourth-order valence-electron chi connectivity index (χ4n) is 1.75. The molecule has 0 spiro atoms. The average molecular weight is 329 g/mol. The minimum Gasteiger partial charge on any atom is -0.494 e. The van der Waals surface area contributed by atoms with Gasteiger partial charge in [0.2, 0.25) is 0 Å². The fourth-order valence-corrected chi connectivity index (χ4v) is 1.75. The highest BCUT2D eigenvalue weighted by atomic mass is 19.1. The Morgan fingerprint density at radius 2 is 1.75 bits per heavy atom. The van der Waals surface area contributed by atoms with Crippen LogP contribution >= 0.6 is 0 Å². The van der Waals surface area contributed by atoms with E-state index in [1.165, 1.54) is 30.5 Å². The van der Waals surface area contributed by atoms with Crippen LogP contribution in [0.4, 0.5) is 10.1 Å². The summed E-state index contributed by atoms with van der Waals surface area (Å²) in [5.74, 6) is -1.47. The van der Waals surface area contributed by atoms with Crippen molar-refractivity contribution in [1.29, 1.82) is 0 Å². The van der Waals surface area contributed by atoms with Crippen LogP contribution in [0.25, 0.3) is 0 Å². The maximum atomic E-state index is 12.7. The largest absolute Gasteiger partial charge is 0.494 e. The van der Waals surface area contributed by atoms with Crippen LogP contribution in [-0.4, -0.2) is 24.6 Å². The molecule has 0 aliphatic heterocycles. The third-order valence-electron chi connectivity index (χ3n) is 2.88. The van der Waals surface area contributed by atoms with Crippen LogP contribution in [0.5, 0.6) is 5.75 Å². The second kappa shape index (κ2) is 8.42. The predicted molar refractivity (Wildman–Crippen MR) is 88.4 cm³/mol. The summed E-state index contributed by atoms with van der Waals surface area (Å²) in [5.41, 5.74) is 3.14. The molecule has 0 fully saturated rings. The SMILES string of the molecule is CCOc1ccc(NC(=O)C(=O)N/N=C/c2ccc(F)cc2)cc1. The Morgan fingerprint density at radius 3 is 2.38 bits per heavy atom. The Kier molecular flexibility index (Phi) is 6.01. The van der Waals surface area contributed by atoms with E-state index < -0.39 is 11.8 Å². The Balaban J connectivity index is 1.85. The summed E-state index contributed by atoms with van der Waals surface area (Å²) >= 11 is 0. The number of carbonyl (C=O) groups is 2. The molecule has 2 N–H and O–H groups in total. The molecule has 0 saturated heterocycles. The van der Waals surface area contributed by atoms with Crippen LogP contribution in [0.1, 0.15) is 12.5 Å². The highest BCUT2D eigenvalue weighted by molar-refractivity contribution is 6.39. The lowest BCUT2D eigenvalue weighted by Gasteiger charge is -2.06. The monoisotopic (exact) mass is 329 g/mol. The molecule has 6 nitrogen and oxygen atoms in total. The Hall–Kier alpha value is -3.22. The number of rotatable bonds is 5. The van der Waals surface area contributed by atoms with Crippen LogP contribution in [0.15, 0.2) is 53.6 Å². The van der Waals surface area contributed by atoms with Crippen molar-refractivity contribution in [2.45, 2.75) is 6.92 Å². The molecular formula is C17H16FN3O3. The summed E-state index contributed by atoms with van der Waals surface area (Å²) in [5, 5.41) is 6.08. The summed E-state index contributed by atoms with van der Waals surface area (Å²) in [6.45, 7) is 2.41. The molecule has 0 atom stereocenters. The number of hydrogen-bond donors (Lipinski definition) is 2. The molecule has 0 aliphatic carbocycles. The molecule has 124 valence electrons. The van der Waals surface area contributed by atoms with Crippen molar-refractivity contribution >= 4 is 23.7 Å². The van der Waals surface area contributed by atoms with E-state index in [4.69, 9.17) is 4.74 Å². The van der Waals surface area contributed by atoms with Crippen LogP contribution in [0.3, 0.4) is 0 Å². The summed E-state index contributed by atoms with van der Waals surface area (Å²) < 4.78 is 18.0. The topological polar surface area (TPSA) is 79.8 Å². The zero-order valence-corrected chi connectivity index (χ0v) is 13.0. The Morgan fingerprint density at radius 1 is 1.08 bits per heavy atom. The predicted octanol–water partition coefficient (Wildman–Crippen LogP) is 2.31. The van der Waals surface area contributed by atoms with Gasteiger partial charge in [-0.25, -0.2) is 9.82 Å². The lowest BCUT2D eigenvalue weighted by molar-refractivity contribution is -0.136. The molecule has 0 aromatic heterocycles. The molecule has 0 saturated carbocycles. The van der Waals surface area contributed by atoms with Gasteiger partial charge < -0.3 is 10.1 Å². The number of nitrogens with zero attached hydrogens (tertiary/aromatic N) is 1. The van der Waals surface area contributed by atoms with E-state index in [-0.39, 0.29) is 5.82 Å². The van der Waals surface area contributed by atoms with E-state index in [1.54, 1.807) is 24.3 Å². The summed E-state index contributed by atoms with van der Waals surface area (Å²) in [6, 6.07) is 12.1. The number of hydrazone groups is 1. The van der Waals surface area contributed by atoms with Crippen molar-refractivity contribution in [2.24, 2.45) is 5.10 Å². The zero-order chi connectivity index (χ0) is 17.4. The van der Waals surface area contributed by atoms with Crippen molar-refractivity contribution < 1.29 is 18.7 Å². The fraction of sp³-hybridized carbons (Fsp3) is 0.118. The number of ether oxygens (including phenoxy) is 1. The van der Waals surface area contributed by atoms with Gasteiger partial charge in [-0.2, -0.15) is 5.10 Å². The van der Waals surface area contributed by atoms with Gasteiger partial charge >= 0.3 is 11.8 Å². The highest BCUT2D eigenvalue weighted by Gasteiger charge is 2.12. The third-order valence-corrected chi connectivity index (χ3v) is 2.88. The van der Waals surface area contributed by atoms with Gasteiger partial charge in [0.15, 0.2) is 0 Å². The van der Waals surface area contributed by atoms with E-state index in [2.05, 4.69) is 15.8 Å². The normalized spacial score (nSPS) is 10.4. The molecule has 0 bridgehead atoms. The second-order valence-corrected chi connectivity index (χ2v) is 4.66. The smallest absolute Gasteiger partial charge is 0.329 e. The van der Waals surface area contributed by atoms with Gasteiger partial charge in [-0.3, -0.25) is 9.59 Å². The number of anilines is 1. The van der Waals surface area contributed by atoms with Gasteiger partial charge in [0.25, 0.3) is 0 Å². The first-order valence-corrected chi connectivity index (χ1v) is 7.21. The number of carbonyl (C=O) groups excluding carboxylic acids is 2. The first-order valence-electron chi connectivity index (χ1n) is 7.21. The van der Waals surface area contributed by atoms with Gasteiger partial charge in [0, 0.05) is 5.69 Å². The Bertz CT molecular complexity index is 728. The first kappa shape index (κ1) is 17.1. The number of benzene rings is 2. The number of amides is 2. The molecule has 0 radical (unpaired) electrons. The molecular weight excluding hydrogens is 313 g/mol. The maximum absolute atomic E-state index is 12.7. The van der Waals surface area contributed by atoms with Crippen LogP contribution in [-0.2, 0) is 9.59 Å². The van der Waals surface area contributed by atoms with E-state index in [9.17, 15) is 14.0 Å². The lowest BCUT2D eigenvalue weighted by Crippen LogP contribution is -2.32. The van der Waals surface area contributed by atoms with Gasteiger partial charge in [-0.05, 0) is 48.9 Å². The lowest BCUT2D eigenvalue weighted by atomic mass is 10.2. The molecule has 2 aromatic carbocycles. The minimum atomic E-state index is -0.915. The summed E-state index contributed by atoms with van der Waals surface area (Å²) in [4.78, 5) is 23.4. The van der Waals surface area contributed by atoms with Crippen LogP contribution < -0.4 is 15.5 Å². The van der Waals surface area contributed by atoms with Crippen molar-refractivity contribution in [1.82, 2.24) is 5.43 Å². The zero-order valence-electron chi connectivity index (χ0n) is 13.0. The molecule has 0 unspecified atom stereocenters. The van der Waals surface area contributed by atoms with Gasteiger partial charge in [-0.15, -0.1) is 0 Å². The van der Waals surface area contributed by atoms with Gasteiger partial charge in [0.05, 0.1) is 12.8 Å². The second-order valence-electron chi connectivity index (χ2n) is 4.66. The van der Waals surface area contributed by atoms with Crippen LogP contribution in [0.2, 0.25) is 0 Å². The van der Waals surface area contributed by atoms with Gasteiger partial charge in [-0.1, -0.05) is 12.1 Å². The standard InChI is InChI=1S/C17H16FN3O3/c1-2-24-15-9-7-14(8-10-15)20-16(22)17(23)21-19-11-12-3-5-13(18)6-4-12/h3-11H,2H2,1H3,(H,20,22)(H,21,23)/b19-11+. The molecule has 2 amide bonds. The first-order chi connectivity index (χ1) is 11.6. The summed E-state index contributed by atoms with van der Waals surface area (Å²) in [7, 11) is 0. The Labute approximate surface area is 138 Å².